The molecular formula is C8H16N4. The van der Waals surface area contributed by atoms with E-state index in [1.165, 1.54) is 5.69 Å². The molecule has 0 saturated carbocycles. The van der Waals surface area contributed by atoms with Gasteiger partial charge in [0.1, 0.15) is 0 Å². The van der Waals surface area contributed by atoms with Crippen molar-refractivity contribution in [2.45, 2.75) is 6.42 Å². The lowest BCUT2D eigenvalue weighted by molar-refractivity contribution is 0.645. The van der Waals surface area contributed by atoms with Crippen molar-refractivity contribution in [2.24, 2.45) is 0 Å². The third-order valence-corrected chi connectivity index (χ3v) is 1.68. The van der Waals surface area contributed by atoms with Crippen molar-refractivity contribution in [3.8, 4) is 0 Å². The van der Waals surface area contributed by atoms with Crippen molar-refractivity contribution < 1.29 is 0 Å². The summed E-state index contributed by atoms with van der Waals surface area (Å²) in [5, 5.41) is 6.39. The third kappa shape index (κ3) is 3.50. The SMILES string of the molecule is CNCCNCCc1cnc[nH]1. The highest BCUT2D eigenvalue weighted by molar-refractivity contribution is 4.94. The van der Waals surface area contributed by atoms with Crippen LogP contribution in [0.25, 0.3) is 0 Å². The van der Waals surface area contributed by atoms with Crippen molar-refractivity contribution in [3.63, 3.8) is 0 Å². The van der Waals surface area contributed by atoms with E-state index in [-0.39, 0.29) is 0 Å². The lowest BCUT2D eigenvalue weighted by Gasteiger charge is -2.01. The minimum absolute atomic E-state index is 1.00. The number of imidazole rings is 1. The van der Waals surface area contributed by atoms with Crippen LogP contribution in [0.3, 0.4) is 0 Å². The fourth-order valence-corrected chi connectivity index (χ4v) is 0.983. The lowest BCUT2D eigenvalue weighted by Crippen LogP contribution is -2.26. The molecule has 0 amide bonds. The summed E-state index contributed by atoms with van der Waals surface area (Å²) in [7, 11) is 1.95. The first-order valence-electron chi connectivity index (χ1n) is 4.26. The third-order valence-electron chi connectivity index (χ3n) is 1.68. The number of likely N-dealkylation sites (N-methyl/N-ethyl adjacent to an activating group) is 1. The Kier molecular flexibility index (Phi) is 4.41. The molecule has 0 radical (unpaired) electrons. The molecule has 4 nitrogen and oxygen atoms in total. The molecule has 3 N–H and O–H groups in total. The average Bonchev–Trinajstić information content (AvgIpc) is 2.57. The van der Waals surface area contributed by atoms with E-state index in [1.54, 1.807) is 6.33 Å². The summed E-state index contributed by atoms with van der Waals surface area (Å²) in [5.74, 6) is 0. The van der Waals surface area contributed by atoms with Crippen LogP contribution < -0.4 is 10.6 Å². The number of nitrogens with one attached hydrogen (secondary N) is 3. The summed E-state index contributed by atoms with van der Waals surface area (Å²) >= 11 is 0. The number of aromatic nitrogens is 2. The van der Waals surface area contributed by atoms with Crippen LogP contribution in [0.1, 0.15) is 5.69 Å². The van der Waals surface area contributed by atoms with E-state index in [2.05, 4.69) is 20.6 Å². The van der Waals surface area contributed by atoms with Crippen molar-refractivity contribution in [1.29, 1.82) is 0 Å². The summed E-state index contributed by atoms with van der Waals surface area (Å²) in [4.78, 5) is 7.00. The van der Waals surface area contributed by atoms with Gasteiger partial charge in [-0.05, 0) is 7.05 Å². The number of H-pyrrole nitrogens is 1. The fourth-order valence-electron chi connectivity index (χ4n) is 0.983. The molecule has 1 aromatic heterocycles. The van der Waals surface area contributed by atoms with Gasteiger partial charge in [-0.2, -0.15) is 0 Å². The van der Waals surface area contributed by atoms with Gasteiger partial charge >= 0.3 is 0 Å². The van der Waals surface area contributed by atoms with Crippen LogP contribution in [0.15, 0.2) is 12.5 Å². The number of rotatable bonds is 6. The molecule has 0 bridgehead atoms. The van der Waals surface area contributed by atoms with E-state index >= 15 is 0 Å². The fraction of sp³-hybridized carbons (Fsp3) is 0.625. The highest BCUT2D eigenvalue weighted by Gasteiger charge is 1.91. The smallest absolute Gasteiger partial charge is 0.0921 e. The Morgan fingerprint density at radius 3 is 3.00 bits per heavy atom. The Morgan fingerprint density at radius 2 is 2.33 bits per heavy atom. The van der Waals surface area contributed by atoms with Crippen LogP contribution in [0.4, 0.5) is 0 Å². The second-order valence-electron chi connectivity index (χ2n) is 2.68. The highest BCUT2D eigenvalue weighted by Crippen LogP contribution is 1.89. The molecule has 0 aliphatic rings. The predicted molar refractivity (Wildman–Crippen MR) is 49.1 cm³/mol. The molecule has 68 valence electrons. The van der Waals surface area contributed by atoms with Gasteiger partial charge in [0.25, 0.3) is 0 Å². The molecule has 0 fully saturated rings. The lowest BCUT2D eigenvalue weighted by atomic mass is 10.3. The standard InChI is InChI=1S/C8H16N4/c1-9-4-5-10-3-2-8-6-11-7-12-8/h6-7,9-10H,2-5H2,1H3,(H,11,12). The van der Waals surface area contributed by atoms with Crippen LogP contribution in [0.2, 0.25) is 0 Å². The molecule has 4 heteroatoms. The Labute approximate surface area is 72.8 Å². The van der Waals surface area contributed by atoms with Gasteiger partial charge in [-0.15, -0.1) is 0 Å². The topological polar surface area (TPSA) is 52.7 Å². The first kappa shape index (κ1) is 9.22. The minimum Gasteiger partial charge on any atom is -0.348 e. The molecule has 0 saturated heterocycles. The van der Waals surface area contributed by atoms with E-state index in [4.69, 9.17) is 0 Å². The summed E-state index contributed by atoms with van der Waals surface area (Å²) in [6, 6.07) is 0. The Bertz CT molecular complexity index is 183. The first-order chi connectivity index (χ1) is 5.93. The molecule has 1 aromatic rings. The van der Waals surface area contributed by atoms with Gasteiger partial charge in [0.15, 0.2) is 0 Å². The van der Waals surface area contributed by atoms with E-state index in [0.717, 1.165) is 26.1 Å². The molecule has 0 aliphatic heterocycles. The number of hydrogen-bond acceptors (Lipinski definition) is 3. The van der Waals surface area contributed by atoms with Crippen LogP contribution in [-0.4, -0.2) is 36.6 Å². The number of hydrogen-bond donors (Lipinski definition) is 3. The van der Waals surface area contributed by atoms with E-state index in [1.807, 2.05) is 13.2 Å². The quantitative estimate of drug-likeness (QED) is 0.514. The predicted octanol–water partition coefficient (Wildman–Crippen LogP) is -0.239. The second kappa shape index (κ2) is 5.74. The second-order valence-corrected chi connectivity index (χ2v) is 2.68. The maximum Gasteiger partial charge on any atom is 0.0921 e. The summed E-state index contributed by atoms with van der Waals surface area (Å²) in [6.45, 7) is 3.04. The molecule has 0 atom stereocenters. The maximum absolute atomic E-state index is 3.94. The Balaban J connectivity index is 1.96. The zero-order valence-electron chi connectivity index (χ0n) is 7.43. The Morgan fingerprint density at radius 1 is 1.42 bits per heavy atom. The molecule has 0 aliphatic carbocycles. The van der Waals surface area contributed by atoms with Gasteiger partial charge in [0.2, 0.25) is 0 Å². The van der Waals surface area contributed by atoms with Crippen LogP contribution in [-0.2, 0) is 6.42 Å². The summed E-state index contributed by atoms with van der Waals surface area (Å²) < 4.78 is 0. The largest absolute Gasteiger partial charge is 0.348 e. The molecule has 0 spiro atoms. The van der Waals surface area contributed by atoms with Gasteiger partial charge in [0, 0.05) is 37.9 Å². The van der Waals surface area contributed by atoms with Crippen LogP contribution >= 0.6 is 0 Å². The minimum atomic E-state index is 1.00. The van der Waals surface area contributed by atoms with Gasteiger partial charge in [-0.25, -0.2) is 4.98 Å². The van der Waals surface area contributed by atoms with Gasteiger partial charge in [-0.3, -0.25) is 0 Å². The zero-order chi connectivity index (χ0) is 8.65. The van der Waals surface area contributed by atoms with Gasteiger partial charge in [-0.1, -0.05) is 0 Å². The zero-order valence-corrected chi connectivity index (χ0v) is 7.43. The maximum atomic E-state index is 3.94. The molecule has 0 unspecified atom stereocenters. The highest BCUT2D eigenvalue weighted by atomic mass is 14.9. The van der Waals surface area contributed by atoms with E-state index in [9.17, 15) is 0 Å². The molecule has 12 heavy (non-hydrogen) atoms. The first-order valence-corrected chi connectivity index (χ1v) is 4.26. The van der Waals surface area contributed by atoms with Gasteiger partial charge < -0.3 is 15.6 Å². The van der Waals surface area contributed by atoms with E-state index < -0.39 is 0 Å². The molecule has 1 rings (SSSR count). The molecule has 0 aromatic carbocycles. The average molecular weight is 168 g/mol. The van der Waals surface area contributed by atoms with Crippen molar-refractivity contribution >= 4 is 0 Å². The van der Waals surface area contributed by atoms with Crippen LogP contribution in [0.5, 0.6) is 0 Å². The number of nitrogens with zero attached hydrogens (tertiary/aromatic N) is 1. The summed E-state index contributed by atoms with van der Waals surface area (Å²) in [6.07, 6.45) is 4.59. The monoisotopic (exact) mass is 168 g/mol. The van der Waals surface area contributed by atoms with Crippen molar-refractivity contribution in [1.82, 2.24) is 20.6 Å². The van der Waals surface area contributed by atoms with Gasteiger partial charge in [0.05, 0.1) is 6.33 Å². The molecule has 1 heterocycles. The number of aromatic amines is 1. The normalized spacial score (nSPS) is 10.4. The summed E-state index contributed by atoms with van der Waals surface area (Å²) in [5.41, 5.74) is 1.19. The van der Waals surface area contributed by atoms with Crippen LogP contribution in [0, 0.1) is 0 Å². The van der Waals surface area contributed by atoms with E-state index in [0.29, 0.717) is 0 Å². The van der Waals surface area contributed by atoms with Crippen molar-refractivity contribution in [2.75, 3.05) is 26.7 Å². The Hall–Kier alpha value is -0.870. The van der Waals surface area contributed by atoms with Crippen molar-refractivity contribution in [3.05, 3.63) is 18.2 Å². The molecular weight excluding hydrogens is 152 g/mol.